The van der Waals surface area contributed by atoms with E-state index in [4.69, 9.17) is 14.2 Å². The van der Waals surface area contributed by atoms with Crippen LogP contribution in [0.4, 0.5) is 16.2 Å². The monoisotopic (exact) mass is 402 g/mol. The quantitative estimate of drug-likeness (QED) is 0.737. The second-order valence-corrected chi connectivity index (χ2v) is 6.72. The van der Waals surface area contributed by atoms with Crippen LogP contribution in [0.5, 0.6) is 11.5 Å². The van der Waals surface area contributed by atoms with Crippen molar-refractivity contribution >= 4 is 40.3 Å². The highest BCUT2D eigenvalue weighted by atomic mass is 32.2. The van der Waals surface area contributed by atoms with Gasteiger partial charge in [-0.1, -0.05) is 18.2 Å². The van der Waals surface area contributed by atoms with Crippen LogP contribution in [-0.2, 0) is 9.53 Å². The number of imide groups is 1. The van der Waals surface area contributed by atoms with Crippen LogP contribution >= 0.6 is 11.8 Å². The Kier molecular flexibility index (Phi) is 5.74. The number of carbonyl (C=O) groups excluding carboxylic acids is 3. The number of hydrogen-bond acceptors (Lipinski definition) is 8. The topological polar surface area (TPSA) is 94.2 Å². The van der Waals surface area contributed by atoms with E-state index in [2.05, 4.69) is 5.32 Å². The van der Waals surface area contributed by atoms with Crippen molar-refractivity contribution in [3.8, 4) is 11.5 Å². The molecule has 1 N–H and O–H groups in total. The average molecular weight is 402 g/mol. The molecule has 3 rings (SSSR count). The van der Waals surface area contributed by atoms with Crippen LogP contribution in [0.2, 0.25) is 0 Å². The van der Waals surface area contributed by atoms with Crippen LogP contribution < -0.4 is 19.7 Å². The van der Waals surface area contributed by atoms with E-state index in [1.54, 1.807) is 30.3 Å². The molecule has 1 heterocycles. The van der Waals surface area contributed by atoms with Crippen molar-refractivity contribution in [1.29, 1.82) is 0 Å². The second kappa shape index (κ2) is 8.22. The number of thioether (sulfide) groups is 1. The van der Waals surface area contributed by atoms with Crippen LogP contribution in [-0.4, -0.2) is 43.8 Å². The number of nitrogens with zero attached hydrogens (tertiary/aromatic N) is 1. The highest BCUT2D eigenvalue weighted by molar-refractivity contribution is 8.16. The van der Waals surface area contributed by atoms with Crippen molar-refractivity contribution in [2.24, 2.45) is 0 Å². The number of hydrogen-bond donors (Lipinski definition) is 1. The Balaban J connectivity index is 1.94. The summed E-state index contributed by atoms with van der Waals surface area (Å²) in [5, 5.41) is 1.63. The largest absolute Gasteiger partial charge is 0.493 e. The molecule has 2 aromatic rings. The Morgan fingerprint density at radius 2 is 1.68 bits per heavy atom. The summed E-state index contributed by atoms with van der Waals surface area (Å²) in [6, 6.07) is 11.6. The molecule has 0 aliphatic carbocycles. The molecule has 8 nitrogen and oxygen atoms in total. The normalized spacial score (nSPS) is 16.1. The van der Waals surface area contributed by atoms with E-state index in [0.29, 0.717) is 17.2 Å². The van der Waals surface area contributed by atoms with Gasteiger partial charge in [0.25, 0.3) is 11.1 Å². The zero-order chi connectivity index (χ0) is 20.3. The number of para-hydroxylation sites is 1. The Labute approximate surface area is 165 Å². The maximum Gasteiger partial charge on any atom is 0.340 e. The van der Waals surface area contributed by atoms with Crippen molar-refractivity contribution < 1.29 is 28.6 Å². The molecule has 1 aliphatic rings. The number of methoxy groups -OCH3 is 3. The fourth-order valence-corrected chi connectivity index (χ4v) is 3.63. The lowest BCUT2D eigenvalue weighted by atomic mass is 10.1. The number of ether oxygens (including phenoxy) is 3. The smallest absolute Gasteiger partial charge is 0.340 e. The van der Waals surface area contributed by atoms with Crippen molar-refractivity contribution in [1.82, 2.24) is 0 Å². The van der Waals surface area contributed by atoms with Gasteiger partial charge in [0.2, 0.25) is 0 Å². The summed E-state index contributed by atoms with van der Waals surface area (Å²) in [6.45, 7) is 0. The SMILES string of the molecule is COC(=O)c1cc(OC)c(OC)cc1N[C@@H]1SC(=O)N(c2ccccc2)C1=O. The van der Waals surface area contributed by atoms with Gasteiger partial charge in [-0.2, -0.15) is 0 Å². The van der Waals surface area contributed by atoms with E-state index >= 15 is 0 Å². The maximum atomic E-state index is 12.8. The molecule has 0 unspecified atom stereocenters. The van der Waals surface area contributed by atoms with Gasteiger partial charge in [-0.15, -0.1) is 0 Å². The number of esters is 1. The zero-order valence-corrected chi connectivity index (χ0v) is 16.2. The Morgan fingerprint density at radius 3 is 2.29 bits per heavy atom. The van der Waals surface area contributed by atoms with E-state index in [0.717, 1.165) is 16.7 Å². The Hall–Kier alpha value is -3.20. The van der Waals surface area contributed by atoms with Crippen molar-refractivity contribution in [3.05, 3.63) is 48.0 Å². The Bertz CT molecular complexity index is 918. The molecule has 1 saturated heterocycles. The second-order valence-electron chi connectivity index (χ2n) is 5.66. The number of rotatable bonds is 6. The standard InChI is InChI=1S/C19H18N2O6S/c1-25-14-9-12(18(23)27-3)13(10-15(14)26-2)20-16-17(22)21(19(24)28-16)11-7-5-4-6-8-11/h4-10,16,20H,1-3H3/t16-/m1/s1. The van der Waals surface area contributed by atoms with E-state index < -0.39 is 22.5 Å². The molecule has 1 atom stereocenters. The summed E-state index contributed by atoms with van der Waals surface area (Å²) in [5.41, 5.74) is 0.923. The summed E-state index contributed by atoms with van der Waals surface area (Å²) < 4.78 is 15.3. The van der Waals surface area contributed by atoms with Crippen LogP contribution in [0.1, 0.15) is 10.4 Å². The van der Waals surface area contributed by atoms with Gasteiger partial charge >= 0.3 is 5.97 Å². The third-order valence-corrected chi connectivity index (χ3v) is 5.02. The molecule has 2 amide bonds. The lowest BCUT2D eigenvalue weighted by Crippen LogP contribution is -2.34. The molecule has 0 saturated carbocycles. The molecule has 1 aliphatic heterocycles. The molecule has 0 aromatic heterocycles. The fourth-order valence-electron chi connectivity index (χ4n) is 2.73. The summed E-state index contributed by atoms with van der Waals surface area (Å²) in [6.07, 6.45) is 0. The fraction of sp³-hybridized carbons (Fsp3) is 0.211. The molecule has 146 valence electrons. The summed E-state index contributed by atoms with van der Waals surface area (Å²) in [4.78, 5) is 38.5. The number of nitrogens with one attached hydrogen (secondary N) is 1. The number of benzene rings is 2. The van der Waals surface area contributed by atoms with Gasteiger partial charge in [-0.25, -0.2) is 9.69 Å². The highest BCUT2D eigenvalue weighted by Gasteiger charge is 2.41. The number of carbonyl (C=O) groups is 3. The van der Waals surface area contributed by atoms with Gasteiger partial charge in [0, 0.05) is 12.1 Å². The van der Waals surface area contributed by atoms with Crippen molar-refractivity contribution in [2.45, 2.75) is 5.37 Å². The van der Waals surface area contributed by atoms with E-state index in [9.17, 15) is 14.4 Å². The third kappa shape index (κ3) is 3.61. The molecule has 0 bridgehead atoms. The molecule has 0 spiro atoms. The number of anilines is 2. The van der Waals surface area contributed by atoms with Gasteiger partial charge in [-0.05, 0) is 23.9 Å². The lowest BCUT2D eigenvalue weighted by Gasteiger charge is -2.18. The molecule has 9 heteroatoms. The minimum Gasteiger partial charge on any atom is -0.493 e. The first kappa shape index (κ1) is 19.6. The van der Waals surface area contributed by atoms with Gasteiger partial charge in [0.15, 0.2) is 16.9 Å². The van der Waals surface area contributed by atoms with Gasteiger partial charge < -0.3 is 19.5 Å². The van der Waals surface area contributed by atoms with Crippen LogP contribution in [0.25, 0.3) is 0 Å². The van der Waals surface area contributed by atoms with Gasteiger partial charge in [0.05, 0.1) is 38.3 Å². The number of amides is 2. The average Bonchev–Trinajstić information content (AvgIpc) is 3.00. The van der Waals surface area contributed by atoms with Crippen LogP contribution in [0.3, 0.4) is 0 Å². The Morgan fingerprint density at radius 1 is 1.04 bits per heavy atom. The molecule has 28 heavy (non-hydrogen) atoms. The minimum atomic E-state index is -0.908. The third-order valence-electron chi connectivity index (χ3n) is 4.08. The van der Waals surface area contributed by atoms with Crippen LogP contribution in [0, 0.1) is 0 Å². The predicted molar refractivity (Wildman–Crippen MR) is 105 cm³/mol. The summed E-state index contributed by atoms with van der Waals surface area (Å²) in [5.74, 6) is -0.364. The van der Waals surface area contributed by atoms with E-state index in [1.165, 1.54) is 33.5 Å². The van der Waals surface area contributed by atoms with Gasteiger partial charge in [0.1, 0.15) is 0 Å². The van der Waals surface area contributed by atoms with Gasteiger partial charge in [-0.3, -0.25) is 9.59 Å². The first-order valence-electron chi connectivity index (χ1n) is 8.20. The summed E-state index contributed by atoms with van der Waals surface area (Å²) >= 11 is 0.825. The zero-order valence-electron chi connectivity index (χ0n) is 15.4. The van der Waals surface area contributed by atoms with Crippen molar-refractivity contribution in [3.63, 3.8) is 0 Å². The van der Waals surface area contributed by atoms with Crippen LogP contribution in [0.15, 0.2) is 42.5 Å². The predicted octanol–water partition coefficient (Wildman–Crippen LogP) is 3.13. The minimum absolute atomic E-state index is 0.152. The summed E-state index contributed by atoms with van der Waals surface area (Å²) in [7, 11) is 4.15. The highest BCUT2D eigenvalue weighted by Crippen LogP contribution is 2.37. The first-order chi connectivity index (χ1) is 13.5. The molecular formula is C19H18N2O6S. The van der Waals surface area contributed by atoms with E-state index in [-0.39, 0.29) is 11.3 Å². The first-order valence-corrected chi connectivity index (χ1v) is 9.08. The lowest BCUT2D eigenvalue weighted by molar-refractivity contribution is -0.116. The molecule has 0 radical (unpaired) electrons. The van der Waals surface area contributed by atoms with Crippen molar-refractivity contribution in [2.75, 3.05) is 31.5 Å². The van der Waals surface area contributed by atoms with E-state index in [1.807, 2.05) is 0 Å². The molecule has 2 aromatic carbocycles. The molecular weight excluding hydrogens is 384 g/mol. The maximum absolute atomic E-state index is 12.8. The molecule has 1 fully saturated rings.